The molecule has 1 heterocycles. The van der Waals surface area contributed by atoms with Crippen molar-refractivity contribution in [3.63, 3.8) is 0 Å². The van der Waals surface area contributed by atoms with Crippen LogP contribution in [0, 0.1) is 0 Å². The van der Waals surface area contributed by atoms with E-state index in [1.165, 1.54) is 21.8 Å². The first kappa shape index (κ1) is 20.6. The molecule has 0 aliphatic carbocycles. The van der Waals surface area contributed by atoms with Crippen molar-refractivity contribution >= 4 is 5.91 Å². The molecular formula is C24H26N2O3. The molecule has 2 aromatic carbocycles. The molecule has 0 aliphatic heterocycles. The number of nitrogens with one attached hydrogen (secondary N) is 1. The average molecular weight is 390 g/mol. The van der Waals surface area contributed by atoms with Gasteiger partial charge in [-0.3, -0.25) is 9.59 Å². The maximum Gasteiger partial charge on any atom is 0.252 e. The number of hydrogen-bond acceptors (Lipinski definition) is 3. The van der Waals surface area contributed by atoms with Gasteiger partial charge in [0, 0.05) is 32.0 Å². The van der Waals surface area contributed by atoms with Crippen molar-refractivity contribution in [3.05, 3.63) is 94.4 Å². The third-order valence-corrected chi connectivity index (χ3v) is 4.76. The SMILES string of the molecule is COCCn1cc(C(=O)N[C@@H](C)Cc2ccc(-c3ccccc3)cc2)ccc1=O. The molecule has 0 radical (unpaired) electrons. The lowest BCUT2D eigenvalue weighted by Gasteiger charge is -2.15. The van der Waals surface area contributed by atoms with Gasteiger partial charge in [-0.05, 0) is 36.1 Å². The van der Waals surface area contributed by atoms with E-state index in [1.54, 1.807) is 19.4 Å². The van der Waals surface area contributed by atoms with E-state index >= 15 is 0 Å². The van der Waals surface area contributed by atoms with E-state index in [4.69, 9.17) is 4.74 Å². The summed E-state index contributed by atoms with van der Waals surface area (Å²) in [6, 6.07) is 21.6. The van der Waals surface area contributed by atoms with Crippen molar-refractivity contribution in [3.8, 4) is 11.1 Å². The van der Waals surface area contributed by atoms with E-state index in [-0.39, 0.29) is 17.5 Å². The third-order valence-electron chi connectivity index (χ3n) is 4.76. The molecule has 1 atom stereocenters. The van der Waals surface area contributed by atoms with Crippen LogP contribution < -0.4 is 10.9 Å². The zero-order chi connectivity index (χ0) is 20.6. The molecule has 29 heavy (non-hydrogen) atoms. The van der Waals surface area contributed by atoms with Crippen molar-refractivity contribution < 1.29 is 9.53 Å². The van der Waals surface area contributed by atoms with Crippen LogP contribution in [0.3, 0.4) is 0 Å². The summed E-state index contributed by atoms with van der Waals surface area (Å²) < 4.78 is 6.50. The molecule has 5 heteroatoms. The normalized spacial score (nSPS) is 11.8. The Balaban J connectivity index is 1.61. The first-order chi connectivity index (χ1) is 14.1. The molecule has 0 aliphatic rings. The largest absolute Gasteiger partial charge is 0.383 e. The Morgan fingerprint density at radius 3 is 2.38 bits per heavy atom. The highest BCUT2D eigenvalue weighted by Crippen LogP contribution is 2.19. The number of carbonyl (C=O) groups is 1. The lowest BCUT2D eigenvalue weighted by Crippen LogP contribution is -2.35. The predicted molar refractivity (Wildman–Crippen MR) is 115 cm³/mol. The molecule has 3 rings (SSSR count). The minimum Gasteiger partial charge on any atom is -0.383 e. The number of nitrogens with zero attached hydrogens (tertiary/aromatic N) is 1. The first-order valence-corrected chi connectivity index (χ1v) is 9.71. The topological polar surface area (TPSA) is 60.3 Å². The van der Waals surface area contributed by atoms with Gasteiger partial charge in [0.25, 0.3) is 11.5 Å². The highest BCUT2D eigenvalue weighted by atomic mass is 16.5. The van der Waals surface area contributed by atoms with Gasteiger partial charge in [0.1, 0.15) is 0 Å². The fraction of sp³-hybridized carbons (Fsp3) is 0.250. The van der Waals surface area contributed by atoms with Crippen LogP contribution in [0.2, 0.25) is 0 Å². The molecule has 0 unspecified atom stereocenters. The van der Waals surface area contributed by atoms with E-state index in [1.807, 2.05) is 25.1 Å². The number of rotatable bonds is 8. The molecule has 0 bridgehead atoms. The zero-order valence-electron chi connectivity index (χ0n) is 16.8. The minimum atomic E-state index is -0.190. The van der Waals surface area contributed by atoms with Gasteiger partial charge in [0.05, 0.1) is 12.2 Å². The average Bonchev–Trinajstić information content (AvgIpc) is 2.74. The Labute approximate surface area is 171 Å². The number of amides is 1. The Kier molecular flexibility index (Phi) is 6.98. The predicted octanol–water partition coefficient (Wildman–Crippen LogP) is 3.52. The Bertz CT molecular complexity index is 995. The van der Waals surface area contributed by atoms with Gasteiger partial charge >= 0.3 is 0 Å². The highest BCUT2D eigenvalue weighted by molar-refractivity contribution is 5.94. The van der Waals surface area contributed by atoms with Crippen LogP contribution in [0.4, 0.5) is 0 Å². The first-order valence-electron chi connectivity index (χ1n) is 9.71. The number of carbonyl (C=O) groups excluding carboxylic acids is 1. The summed E-state index contributed by atoms with van der Waals surface area (Å²) in [6.45, 7) is 2.81. The van der Waals surface area contributed by atoms with Crippen molar-refractivity contribution in [2.24, 2.45) is 0 Å². The maximum atomic E-state index is 12.6. The van der Waals surface area contributed by atoms with Crippen LogP contribution in [-0.4, -0.2) is 30.2 Å². The molecule has 5 nitrogen and oxygen atoms in total. The van der Waals surface area contributed by atoms with Crippen LogP contribution in [0.15, 0.2) is 77.7 Å². The van der Waals surface area contributed by atoms with Crippen LogP contribution >= 0.6 is 0 Å². The number of aromatic nitrogens is 1. The minimum absolute atomic E-state index is 0.0376. The molecule has 0 spiro atoms. The number of methoxy groups -OCH3 is 1. The van der Waals surface area contributed by atoms with Crippen LogP contribution in [-0.2, 0) is 17.7 Å². The van der Waals surface area contributed by atoms with Gasteiger partial charge in [-0.25, -0.2) is 0 Å². The van der Waals surface area contributed by atoms with E-state index in [9.17, 15) is 9.59 Å². The van der Waals surface area contributed by atoms with E-state index in [2.05, 4.69) is 41.7 Å². The Hall–Kier alpha value is -3.18. The van der Waals surface area contributed by atoms with Gasteiger partial charge in [-0.2, -0.15) is 0 Å². The monoisotopic (exact) mass is 390 g/mol. The quantitative estimate of drug-likeness (QED) is 0.640. The van der Waals surface area contributed by atoms with Gasteiger partial charge < -0.3 is 14.6 Å². The van der Waals surface area contributed by atoms with Crippen LogP contribution in [0.5, 0.6) is 0 Å². The lowest BCUT2D eigenvalue weighted by molar-refractivity contribution is 0.0939. The molecule has 1 N–H and O–H groups in total. The van der Waals surface area contributed by atoms with Crippen molar-refractivity contribution in [2.45, 2.75) is 25.9 Å². The summed E-state index contributed by atoms with van der Waals surface area (Å²) in [6.07, 6.45) is 2.31. The number of pyridine rings is 1. The Morgan fingerprint density at radius 1 is 1.00 bits per heavy atom. The summed E-state index contributed by atoms with van der Waals surface area (Å²) >= 11 is 0. The molecule has 1 aromatic heterocycles. The fourth-order valence-electron chi connectivity index (χ4n) is 3.21. The number of benzene rings is 2. The zero-order valence-corrected chi connectivity index (χ0v) is 16.8. The summed E-state index contributed by atoms with van der Waals surface area (Å²) in [4.78, 5) is 24.4. The summed E-state index contributed by atoms with van der Waals surface area (Å²) in [5.41, 5.74) is 3.83. The smallest absolute Gasteiger partial charge is 0.252 e. The number of hydrogen-bond donors (Lipinski definition) is 1. The fourth-order valence-corrected chi connectivity index (χ4v) is 3.21. The molecule has 0 saturated heterocycles. The second-order valence-corrected chi connectivity index (χ2v) is 7.08. The van der Waals surface area contributed by atoms with Crippen molar-refractivity contribution in [1.82, 2.24) is 9.88 Å². The molecule has 3 aromatic rings. The van der Waals surface area contributed by atoms with Crippen molar-refractivity contribution in [1.29, 1.82) is 0 Å². The van der Waals surface area contributed by atoms with Gasteiger partial charge in [-0.15, -0.1) is 0 Å². The van der Waals surface area contributed by atoms with Crippen LogP contribution in [0.1, 0.15) is 22.8 Å². The maximum absolute atomic E-state index is 12.6. The summed E-state index contributed by atoms with van der Waals surface area (Å²) in [5, 5.41) is 3.01. The van der Waals surface area contributed by atoms with E-state index in [0.717, 1.165) is 12.0 Å². The van der Waals surface area contributed by atoms with E-state index < -0.39 is 0 Å². The summed E-state index contributed by atoms with van der Waals surface area (Å²) in [5.74, 6) is -0.190. The van der Waals surface area contributed by atoms with Crippen LogP contribution in [0.25, 0.3) is 11.1 Å². The molecule has 0 saturated carbocycles. The Morgan fingerprint density at radius 2 is 1.69 bits per heavy atom. The third kappa shape index (κ3) is 5.65. The summed E-state index contributed by atoms with van der Waals surface area (Å²) in [7, 11) is 1.58. The standard InChI is InChI=1S/C24H26N2O3/c1-18(16-19-8-10-21(11-9-19)20-6-4-3-5-7-20)25-24(28)22-12-13-23(27)26(17-22)14-15-29-2/h3-13,17-18H,14-16H2,1-2H3,(H,25,28)/t18-/m0/s1. The molecule has 150 valence electrons. The van der Waals surface area contributed by atoms with E-state index in [0.29, 0.717) is 18.7 Å². The number of ether oxygens (including phenoxy) is 1. The van der Waals surface area contributed by atoms with Crippen molar-refractivity contribution in [2.75, 3.05) is 13.7 Å². The van der Waals surface area contributed by atoms with Gasteiger partial charge in [0.15, 0.2) is 0 Å². The molecular weight excluding hydrogens is 364 g/mol. The molecule has 0 fully saturated rings. The second kappa shape index (κ2) is 9.85. The van der Waals surface area contributed by atoms with Gasteiger partial charge in [0.2, 0.25) is 0 Å². The molecule has 1 amide bonds. The van der Waals surface area contributed by atoms with Gasteiger partial charge in [-0.1, -0.05) is 54.6 Å². The second-order valence-electron chi connectivity index (χ2n) is 7.08. The lowest BCUT2D eigenvalue weighted by atomic mass is 10.0. The highest BCUT2D eigenvalue weighted by Gasteiger charge is 2.12.